The Morgan fingerprint density at radius 3 is 1.70 bits per heavy atom. The van der Waals surface area contributed by atoms with Crippen LogP contribution in [0.5, 0.6) is 11.5 Å². The molecular formula is C40H52N2O2+2. The van der Waals surface area contributed by atoms with Crippen molar-refractivity contribution in [3.05, 3.63) is 81.9 Å². The summed E-state index contributed by atoms with van der Waals surface area (Å²) in [6.07, 6.45) is 11.8. The van der Waals surface area contributed by atoms with E-state index >= 15 is 0 Å². The fourth-order valence-corrected chi connectivity index (χ4v) is 7.14. The highest BCUT2D eigenvalue weighted by molar-refractivity contribution is 5.87. The first-order chi connectivity index (χ1) is 20.7. The van der Waals surface area contributed by atoms with Gasteiger partial charge in [0.2, 0.25) is 0 Å². The highest BCUT2D eigenvalue weighted by Crippen LogP contribution is 2.51. The molecule has 3 aliphatic heterocycles. The lowest BCUT2D eigenvalue weighted by Crippen LogP contribution is -2.59. The first-order valence-corrected chi connectivity index (χ1v) is 16.8. The highest BCUT2D eigenvalue weighted by Gasteiger charge is 2.72. The van der Waals surface area contributed by atoms with Crippen LogP contribution in [0.1, 0.15) is 134 Å². The average Bonchev–Trinajstić information content (AvgIpc) is 3.24. The van der Waals surface area contributed by atoms with Crippen molar-refractivity contribution in [3.63, 3.8) is 0 Å². The molecule has 0 N–H and O–H groups in total. The van der Waals surface area contributed by atoms with Crippen LogP contribution < -0.4 is 9.47 Å². The topological polar surface area (TPSA) is 24.5 Å². The summed E-state index contributed by atoms with van der Waals surface area (Å²) < 4.78 is 18.8. The predicted octanol–water partition coefficient (Wildman–Crippen LogP) is 10.2. The molecule has 1 atom stereocenters. The van der Waals surface area contributed by atoms with Crippen molar-refractivity contribution in [1.82, 2.24) is 0 Å². The Hall–Kier alpha value is -3.40. The van der Waals surface area contributed by atoms with Crippen molar-refractivity contribution < 1.29 is 18.6 Å². The maximum absolute atomic E-state index is 7.24. The Bertz CT molecular complexity index is 1670. The monoisotopic (exact) mass is 592 g/mol. The van der Waals surface area contributed by atoms with Crippen molar-refractivity contribution in [2.24, 2.45) is 0 Å². The maximum Gasteiger partial charge on any atom is 0.715 e. The van der Waals surface area contributed by atoms with Gasteiger partial charge in [-0.05, 0) is 74.0 Å². The van der Waals surface area contributed by atoms with E-state index in [1.807, 2.05) is 0 Å². The third-order valence-electron chi connectivity index (χ3n) is 9.97. The van der Waals surface area contributed by atoms with E-state index < -0.39 is 6.03 Å². The summed E-state index contributed by atoms with van der Waals surface area (Å²) in [6.45, 7) is 22.9. The van der Waals surface area contributed by atoms with Crippen LogP contribution in [0.25, 0.3) is 0 Å². The van der Waals surface area contributed by atoms with E-state index in [1.165, 1.54) is 55.2 Å². The predicted molar refractivity (Wildman–Crippen MR) is 182 cm³/mol. The van der Waals surface area contributed by atoms with Crippen molar-refractivity contribution in [2.45, 2.75) is 130 Å². The summed E-state index contributed by atoms with van der Waals surface area (Å²) in [7, 11) is 0. The van der Waals surface area contributed by atoms with Crippen LogP contribution in [0.3, 0.4) is 0 Å². The number of unbranched alkanes of at least 4 members (excludes halogenated alkanes) is 2. The van der Waals surface area contributed by atoms with Crippen LogP contribution in [0.4, 0.5) is 11.4 Å². The van der Waals surface area contributed by atoms with Crippen LogP contribution in [-0.2, 0) is 16.2 Å². The molecule has 3 heterocycles. The molecule has 1 unspecified atom stereocenters. The molecule has 0 aromatic heterocycles. The molecule has 6 rings (SSSR count). The normalized spacial score (nSPS) is 18.6. The quantitative estimate of drug-likeness (QED) is 0.255. The molecule has 1 spiro atoms. The van der Waals surface area contributed by atoms with E-state index in [1.54, 1.807) is 0 Å². The number of fused-ring (bicyclic) bond motifs is 5. The van der Waals surface area contributed by atoms with Crippen LogP contribution in [0.2, 0.25) is 0 Å². The van der Waals surface area contributed by atoms with Crippen LogP contribution in [0.15, 0.2) is 48.5 Å². The molecule has 0 amide bonds. The third kappa shape index (κ3) is 4.89. The lowest BCUT2D eigenvalue weighted by atomic mass is 9.73. The van der Waals surface area contributed by atoms with Gasteiger partial charge in [-0.25, -0.2) is 0 Å². The SMILES string of the molecule is CCCCC(C)(CCCC)c1cc(C)c2c(c1)C=[N+]1c3ccccc3[N+]3=Cc4cc(C(C)(C)C)cc(C(C)(C)C)c4OC13O2. The first-order valence-electron chi connectivity index (χ1n) is 16.8. The van der Waals surface area contributed by atoms with E-state index in [9.17, 15) is 0 Å². The maximum atomic E-state index is 7.24. The molecule has 3 aromatic rings. The molecule has 232 valence electrons. The molecule has 4 nitrogen and oxygen atoms in total. The van der Waals surface area contributed by atoms with Gasteiger partial charge in [-0.1, -0.05) is 112 Å². The van der Waals surface area contributed by atoms with E-state index in [-0.39, 0.29) is 16.2 Å². The molecule has 0 saturated carbocycles. The molecule has 0 saturated heterocycles. The number of rotatable bonds is 7. The minimum absolute atomic E-state index is 0.0125. The molecule has 0 bridgehead atoms. The van der Waals surface area contributed by atoms with Crippen molar-refractivity contribution >= 4 is 23.8 Å². The molecular weight excluding hydrogens is 540 g/mol. The van der Waals surface area contributed by atoms with E-state index in [4.69, 9.17) is 9.47 Å². The average molecular weight is 593 g/mol. The summed E-state index contributed by atoms with van der Waals surface area (Å²) in [5.41, 5.74) is 9.50. The lowest BCUT2D eigenvalue weighted by Gasteiger charge is -2.34. The van der Waals surface area contributed by atoms with Crippen LogP contribution in [0, 0.1) is 6.92 Å². The van der Waals surface area contributed by atoms with Gasteiger partial charge >= 0.3 is 6.03 Å². The van der Waals surface area contributed by atoms with Gasteiger partial charge < -0.3 is 9.47 Å². The van der Waals surface area contributed by atoms with E-state index in [0.717, 1.165) is 39.6 Å². The smallest absolute Gasteiger partial charge is 0.340 e. The number of para-hydroxylation sites is 2. The van der Waals surface area contributed by atoms with Crippen LogP contribution in [-0.4, -0.2) is 27.6 Å². The zero-order chi connectivity index (χ0) is 31.7. The summed E-state index contributed by atoms with van der Waals surface area (Å²) >= 11 is 0. The number of ether oxygens (including phenoxy) is 2. The molecule has 3 aromatic carbocycles. The van der Waals surface area contributed by atoms with Gasteiger partial charge in [0.05, 0.1) is 11.1 Å². The minimum atomic E-state index is -1.17. The second-order valence-electron chi connectivity index (χ2n) is 15.7. The molecule has 3 aliphatic rings. The zero-order valence-electron chi connectivity index (χ0n) is 28.7. The Balaban J connectivity index is 1.56. The number of hydrogen-bond acceptors (Lipinski definition) is 2. The summed E-state index contributed by atoms with van der Waals surface area (Å²) in [5, 5.41) is 0. The number of aryl methyl sites for hydroxylation is 1. The Morgan fingerprint density at radius 2 is 1.18 bits per heavy atom. The summed E-state index contributed by atoms with van der Waals surface area (Å²) in [6, 6.07) is 16.8. The number of benzene rings is 3. The molecule has 4 heteroatoms. The second-order valence-corrected chi connectivity index (χ2v) is 15.7. The first kappa shape index (κ1) is 30.6. The third-order valence-corrected chi connectivity index (χ3v) is 9.97. The van der Waals surface area contributed by atoms with Gasteiger partial charge in [-0.3, -0.25) is 0 Å². The lowest BCUT2D eigenvalue weighted by molar-refractivity contribution is -0.831. The minimum Gasteiger partial charge on any atom is -0.340 e. The number of hydrogen-bond donors (Lipinski definition) is 0. The summed E-state index contributed by atoms with van der Waals surface area (Å²) in [4.78, 5) is 0. The zero-order valence-corrected chi connectivity index (χ0v) is 28.7. The summed E-state index contributed by atoms with van der Waals surface area (Å²) in [5.74, 6) is 1.80. The van der Waals surface area contributed by atoms with Crippen LogP contribution >= 0.6 is 0 Å². The highest BCUT2D eigenvalue weighted by atomic mass is 16.7. The standard InChI is InChI=1S/C40H52N2O2/c1-11-13-19-39(10,20-14-12-2)31-21-27(3)35-28(23-31)25-41-33-17-15-16-18-34(33)42-26-29-22-30(37(4,5)6)24-32(38(7,8)9)36(29)44-40(41,42)43-35/h15-18,21-26H,11-14,19-20H2,1-10H3/q+2. The Morgan fingerprint density at radius 1 is 0.659 bits per heavy atom. The van der Waals surface area contributed by atoms with Gasteiger partial charge in [-0.2, -0.15) is 0 Å². The Labute approximate surface area is 265 Å². The fraction of sp³-hybridized carbons (Fsp3) is 0.500. The molecule has 0 fully saturated rings. The van der Waals surface area contributed by atoms with Gasteiger partial charge in [0.25, 0.3) is 11.4 Å². The van der Waals surface area contributed by atoms with E-state index in [2.05, 4.69) is 139 Å². The van der Waals surface area contributed by atoms with Gasteiger partial charge in [-0.15, -0.1) is 0 Å². The van der Waals surface area contributed by atoms with Gasteiger partial charge in [0.1, 0.15) is 0 Å². The largest absolute Gasteiger partial charge is 0.715 e. The molecule has 0 radical (unpaired) electrons. The Kier molecular flexibility index (Phi) is 7.38. The van der Waals surface area contributed by atoms with Crippen molar-refractivity contribution in [1.29, 1.82) is 0 Å². The van der Waals surface area contributed by atoms with Crippen molar-refractivity contribution in [2.75, 3.05) is 0 Å². The van der Waals surface area contributed by atoms with Crippen molar-refractivity contribution in [3.8, 4) is 11.5 Å². The molecule has 44 heavy (non-hydrogen) atoms. The van der Waals surface area contributed by atoms with Gasteiger partial charge in [0.15, 0.2) is 23.9 Å². The van der Waals surface area contributed by atoms with Gasteiger partial charge in [0, 0.05) is 17.7 Å². The number of nitrogens with zero attached hydrogens (tertiary/aromatic N) is 2. The second kappa shape index (κ2) is 10.6. The fourth-order valence-electron chi connectivity index (χ4n) is 7.14. The van der Waals surface area contributed by atoms with E-state index in [0.29, 0.717) is 0 Å². The molecule has 0 aliphatic carbocycles.